The van der Waals surface area contributed by atoms with Gasteiger partial charge in [0.2, 0.25) is 0 Å². The largest absolute Gasteiger partial charge is 0.494 e. The van der Waals surface area contributed by atoms with Gasteiger partial charge in [-0.05, 0) is 58.9 Å². The van der Waals surface area contributed by atoms with Crippen molar-refractivity contribution >= 4 is 29.5 Å². The highest BCUT2D eigenvalue weighted by Gasteiger charge is 2.42. The highest BCUT2D eigenvalue weighted by atomic mass is 16.5. The number of amides is 1. The summed E-state index contributed by atoms with van der Waals surface area (Å²) in [6, 6.07) is 6.68. The van der Waals surface area contributed by atoms with Crippen LogP contribution in [-0.4, -0.2) is 50.2 Å². The third-order valence-electron chi connectivity index (χ3n) is 4.78. The van der Waals surface area contributed by atoms with Crippen LogP contribution in [0.4, 0.5) is 5.69 Å². The molecule has 0 atom stereocenters. The Hall–Kier alpha value is -3.82. The van der Waals surface area contributed by atoms with Crippen LogP contribution in [0.5, 0.6) is 5.75 Å². The second-order valence-electron chi connectivity index (χ2n) is 7.19. The number of hydrogen-bond acceptors (Lipinski definition) is 9. The minimum absolute atomic E-state index is 0.0688. The van der Waals surface area contributed by atoms with Crippen molar-refractivity contribution < 1.29 is 38.1 Å². The molecule has 2 rings (SSSR count). The quantitative estimate of drug-likeness (QED) is 0.388. The lowest BCUT2D eigenvalue weighted by Gasteiger charge is -2.28. The summed E-state index contributed by atoms with van der Waals surface area (Å²) in [5, 5.41) is 5.52. The van der Waals surface area contributed by atoms with Crippen molar-refractivity contribution in [2.24, 2.45) is 5.92 Å². The molecule has 0 aliphatic carbocycles. The monoisotopic (exact) mass is 474 g/mol. The fraction of sp³-hybridized carbons (Fsp3) is 0.417. The summed E-state index contributed by atoms with van der Waals surface area (Å²) in [6.45, 7) is 8.29. The van der Waals surface area contributed by atoms with E-state index in [0.717, 1.165) is 0 Å². The molecule has 0 radical (unpaired) electrons. The maximum atomic E-state index is 13.1. The minimum Gasteiger partial charge on any atom is -0.494 e. The third-order valence-corrected chi connectivity index (χ3v) is 4.78. The number of carbonyl (C=O) groups is 4. The zero-order valence-electron chi connectivity index (χ0n) is 20.0. The van der Waals surface area contributed by atoms with E-state index >= 15 is 0 Å². The fourth-order valence-electron chi connectivity index (χ4n) is 3.41. The molecular weight excluding hydrogens is 444 g/mol. The molecule has 1 aromatic carbocycles. The Morgan fingerprint density at radius 2 is 1.35 bits per heavy atom. The third kappa shape index (κ3) is 6.60. The lowest BCUT2D eigenvalue weighted by atomic mass is 9.85. The lowest BCUT2D eigenvalue weighted by molar-refractivity contribution is -0.153. The van der Waals surface area contributed by atoms with Gasteiger partial charge in [0.15, 0.2) is 6.61 Å². The Balaban J connectivity index is 2.20. The van der Waals surface area contributed by atoms with Gasteiger partial charge in [0.05, 0.1) is 31.0 Å². The molecule has 0 unspecified atom stereocenters. The van der Waals surface area contributed by atoms with Gasteiger partial charge >= 0.3 is 17.9 Å². The first-order valence-electron chi connectivity index (χ1n) is 10.9. The number of allylic oxidation sites excluding steroid dienone is 2. The highest BCUT2D eigenvalue weighted by Crippen LogP contribution is 2.32. The molecule has 10 nitrogen and oxygen atoms in total. The van der Waals surface area contributed by atoms with E-state index in [9.17, 15) is 19.2 Å². The van der Waals surface area contributed by atoms with Gasteiger partial charge in [-0.3, -0.25) is 9.59 Å². The first-order valence-corrected chi connectivity index (χ1v) is 10.9. The SMILES string of the molecule is CCOC(=O)C1=C(C)NC(C)=C(C(=O)OCC)C1C(=O)OCC(=O)Nc1ccc(OCC)cc1. The van der Waals surface area contributed by atoms with Gasteiger partial charge in [-0.15, -0.1) is 0 Å². The Kier molecular flexibility index (Phi) is 9.66. The molecule has 1 aliphatic rings. The standard InChI is InChI=1S/C24H30N2O8/c1-6-31-17-11-9-16(10-12-17)26-18(27)13-34-24(30)21-19(22(28)32-7-2)14(4)25-15(5)20(21)23(29)33-8-3/h9-12,21,25H,6-8,13H2,1-5H3,(H,26,27). The van der Waals surface area contributed by atoms with Crippen molar-refractivity contribution in [3.8, 4) is 5.75 Å². The first kappa shape index (κ1) is 26.4. The van der Waals surface area contributed by atoms with Gasteiger partial charge in [-0.1, -0.05) is 0 Å². The average molecular weight is 475 g/mol. The maximum absolute atomic E-state index is 13.1. The zero-order valence-corrected chi connectivity index (χ0v) is 20.0. The van der Waals surface area contributed by atoms with Crippen LogP contribution in [0, 0.1) is 5.92 Å². The molecule has 1 aromatic rings. The summed E-state index contributed by atoms with van der Waals surface area (Å²) in [5.41, 5.74) is 1.01. The van der Waals surface area contributed by atoms with Gasteiger partial charge in [0.25, 0.3) is 5.91 Å². The molecule has 0 aromatic heterocycles. The summed E-state index contributed by atoms with van der Waals surface area (Å²) in [7, 11) is 0. The van der Waals surface area contributed by atoms with E-state index in [4.69, 9.17) is 18.9 Å². The van der Waals surface area contributed by atoms with E-state index in [-0.39, 0.29) is 24.4 Å². The number of carbonyl (C=O) groups excluding carboxylic acids is 4. The first-order chi connectivity index (χ1) is 16.2. The second-order valence-corrected chi connectivity index (χ2v) is 7.19. The number of ether oxygens (including phenoxy) is 4. The number of rotatable bonds is 10. The van der Waals surface area contributed by atoms with E-state index in [1.807, 2.05) is 6.92 Å². The van der Waals surface area contributed by atoms with Crippen LogP contribution in [0.25, 0.3) is 0 Å². The van der Waals surface area contributed by atoms with Gasteiger partial charge in [0, 0.05) is 17.1 Å². The van der Waals surface area contributed by atoms with Crippen LogP contribution in [0.15, 0.2) is 46.8 Å². The number of nitrogens with one attached hydrogen (secondary N) is 2. The molecule has 1 heterocycles. The summed E-state index contributed by atoms with van der Waals surface area (Å²) in [4.78, 5) is 50.6. The van der Waals surface area contributed by atoms with Crippen molar-refractivity contribution in [2.75, 3.05) is 31.7 Å². The number of hydrogen-bond donors (Lipinski definition) is 2. The molecule has 2 N–H and O–H groups in total. The van der Waals surface area contributed by atoms with Crippen molar-refractivity contribution in [3.05, 3.63) is 46.8 Å². The minimum atomic E-state index is -1.40. The van der Waals surface area contributed by atoms with E-state index in [1.54, 1.807) is 52.0 Å². The molecule has 1 aliphatic heterocycles. The molecule has 0 spiro atoms. The summed E-state index contributed by atoms with van der Waals surface area (Å²) >= 11 is 0. The molecule has 0 bridgehead atoms. The van der Waals surface area contributed by atoms with Crippen LogP contribution in [-0.2, 0) is 33.4 Å². The van der Waals surface area contributed by atoms with Gasteiger partial charge in [0.1, 0.15) is 11.7 Å². The predicted octanol–water partition coefficient (Wildman–Crippen LogP) is 2.46. The molecular formula is C24H30N2O8. The van der Waals surface area contributed by atoms with E-state index in [1.165, 1.54) is 0 Å². The summed E-state index contributed by atoms with van der Waals surface area (Å²) < 4.78 is 20.7. The summed E-state index contributed by atoms with van der Waals surface area (Å²) in [6.07, 6.45) is 0. The van der Waals surface area contributed by atoms with Crippen LogP contribution in [0.1, 0.15) is 34.6 Å². The topological polar surface area (TPSA) is 129 Å². The average Bonchev–Trinajstić information content (AvgIpc) is 2.78. The van der Waals surface area contributed by atoms with Gasteiger partial charge in [-0.25, -0.2) is 9.59 Å². The summed E-state index contributed by atoms with van der Waals surface area (Å²) in [5.74, 6) is -3.85. The van der Waals surface area contributed by atoms with Crippen LogP contribution < -0.4 is 15.4 Å². The number of anilines is 1. The maximum Gasteiger partial charge on any atom is 0.337 e. The lowest BCUT2D eigenvalue weighted by Crippen LogP contribution is -2.39. The molecule has 1 amide bonds. The fourth-order valence-corrected chi connectivity index (χ4v) is 3.41. The van der Waals surface area contributed by atoms with Crippen LogP contribution >= 0.6 is 0 Å². The number of benzene rings is 1. The highest BCUT2D eigenvalue weighted by molar-refractivity contribution is 6.06. The number of dihydropyridines is 1. The molecule has 10 heteroatoms. The van der Waals surface area contributed by atoms with E-state index in [2.05, 4.69) is 10.6 Å². The zero-order chi connectivity index (χ0) is 25.3. The van der Waals surface area contributed by atoms with Crippen molar-refractivity contribution in [2.45, 2.75) is 34.6 Å². The van der Waals surface area contributed by atoms with Gasteiger partial charge < -0.3 is 29.6 Å². The molecule has 0 saturated carbocycles. The van der Waals surface area contributed by atoms with Crippen molar-refractivity contribution in [1.82, 2.24) is 5.32 Å². The smallest absolute Gasteiger partial charge is 0.337 e. The Labute approximate surface area is 198 Å². The molecule has 184 valence electrons. The number of esters is 3. The Morgan fingerprint density at radius 1 is 0.824 bits per heavy atom. The van der Waals surface area contributed by atoms with Crippen LogP contribution in [0.3, 0.4) is 0 Å². The predicted molar refractivity (Wildman–Crippen MR) is 122 cm³/mol. The van der Waals surface area contributed by atoms with Crippen molar-refractivity contribution in [1.29, 1.82) is 0 Å². The van der Waals surface area contributed by atoms with Gasteiger partial charge in [-0.2, -0.15) is 0 Å². The van der Waals surface area contributed by atoms with Crippen LogP contribution in [0.2, 0.25) is 0 Å². The molecule has 0 saturated heterocycles. The normalized spacial score (nSPS) is 13.7. The molecule has 34 heavy (non-hydrogen) atoms. The van der Waals surface area contributed by atoms with Crippen molar-refractivity contribution in [3.63, 3.8) is 0 Å². The van der Waals surface area contributed by atoms with E-state index in [0.29, 0.717) is 29.4 Å². The Morgan fingerprint density at radius 3 is 1.82 bits per heavy atom. The molecule has 0 fully saturated rings. The van der Waals surface area contributed by atoms with E-state index < -0.39 is 36.3 Å². The Bertz CT molecular complexity index is 955. The second kappa shape index (κ2) is 12.4.